The van der Waals surface area contributed by atoms with Crippen LogP contribution in [0.3, 0.4) is 0 Å². The molecule has 1 unspecified atom stereocenters. The summed E-state index contributed by atoms with van der Waals surface area (Å²) in [4.78, 5) is 15.8. The molecular formula is C13H15FN4OS. The molecule has 106 valence electrons. The molecule has 1 aromatic heterocycles. The minimum Gasteiger partial charge on any atom is -0.368 e. The van der Waals surface area contributed by atoms with Gasteiger partial charge in [0.2, 0.25) is 11.0 Å². The predicted molar refractivity (Wildman–Crippen MR) is 76.0 cm³/mol. The predicted octanol–water partition coefficient (Wildman–Crippen LogP) is 2.44. The van der Waals surface area contributed by atoms with Crippen LogP contribution >= 0.6 is 11.5 Å². The Morgan fingerprint density at radius 3 is 2.50 bits per heavy atom. The maximum absolute atomic E-state index is 12.9. The van der Waals surface area contributed by atoms with E-state index in [0.29, 0.717) is 16.5 Å². The van der Waals surface area contributed by atoms with Crippen molar-refractivity contribution in [1.29, 1.82) is 0 Å². The number of hydrogen-bond acceptors (Lipinski definition) is 5. The first-order chi connectivity index (χ1) is 9.47. The van der Waals surface area contributed by atoms with Crippen molar-refractivity contribution in [3.05, 3.63) is 41.5 Å². The second-order valence-corrected chi connectivity index (χ2v) is 5.40. The van der Waals surface area contributed by atoms with Crippen LogP contribution < -0.4 is 11.1 Å². The van der Waals surface area contributed by atoms with Crippen molar-refractivity contribution in [3.63, 3.8) is 0 Å². The summed E-state index contributed by atoms with van der Waals surface area (Å²) in [7, 11) is 0. The first kappa shape index (κ1) is 14.4. The van der Waals surface area contributed by atoms with Crippen LogP contribution in [0.1, 0.15) is 37.2 Å². The number of anilines is 1. The summed E-state index contributed by atoms with van der Waals surface area (Å²) >= 11 is 1.17. The average molecular weight is 294 g/mol. The van der Waals surface area contributed by atoms with E-state index in [-0.39, 0.29) is 11.7 Å². The Balaban J connectivity index is 2.21. The lowest BCUT2D eigenvalue weighted by Gasteiger charge is -2.14. The Kier molecular flexibility index (Phi) is 4.29. The third-order valence-corrected chi connectivity index (χ3v) is 3.37. The topological polar surface area (TPSA) is 80.9 Å². The highest BCUT2D eigenvalue weighted by Crippen LogP contribution is 2.23. The van der Waals surface area contributed by atoms with Crippen molar-refractivity contribution < 1.29 is 9.18 Å². The SMILES string of the molecule is CC(C)c1nsc(NC(C(N)=O)c2ccc(F)cc2)n1. The molecule has 20 heavy (non-hydrogen) atoms. The van der Waals surface area contributed by atoms with Crippen LogP contribution in [0.4, 0.5) is 9.52 Å². The molecule has 0 radical (unpaired) electrons. The van der Waals surface area contributed by atoms with Gasteiger partial charge in [-0.05, 0) is 17.7 Å². The van der Waals surface area contributed by atoms with Crippen molar-refractivity contribution in [2.45, 2.75) is 25.8 Å². The number of halogens is 1. The van der Waals surface area contributed by atoms with Gasteiger partial charge in [-0.1, -0.05) is 26.0 Å². The molecule has 2 aromatic rings. The molecule has 1 amide bonds. The minimum absolute atomic E-state index is 0.208. The van der Waals surface area contributed by atoms with E-state index in [2.05, 4.69) is 14.7 Å². The van der Waals surface area contributed by atoms with Gasteiger partial charge in [-0.25, -0.2) is 9.37 Å². The van der Waals surface area contributed by atoms with Gasteiger partial charge in [0.25, 0.3) is 0 Å². The fourth-order valence-corrected chi connectivity index (χ4v) is 2.36. The number of amides is 1. The Morgan fingerprint density at radius 2 is 2.00 bits per heavy atom. The number of rotatable bonds is 5. The standard InChI is InChI=1S/C13H15FN4OS/c1-7(2)12-17-13(20-18-12)16-10(11(15)19)8-3-5-9(14)6-4-8/h3-7,10H,1-2H3,(H2,15,19)(H,16,17,18). The zero-order chi connectivity index (χ0) is 14.7. The molecule has 0 aliphatic rings. The van der Waals surface area contributed by atoms with Crippen molar-refractivity contribution in [2.24, 2.45) is 5.73 Å². The summed E-state index contributed by atoms with van der Waals surface area (Å²) < 4.78 is 17.1. The van der Waals surface area contributed by atoms with Gasteiger partial charge in [-0.2, -0.15) is 4.37 Å². The van der Waals surface area contributed by atoms with Crippen LogP contribution in [0.15, 0.2) is 24.3 Å². The van der Waals surface area contributed by atoms with Gasteiger partial charge in [0, 0.05) is 17.5 Å². The van der Waals surface area contributed by atoms with Crippen LogP contribution in [0.25, 0.3) is 0 Å². The van der Waals surface area contributed by atoms with Gasteiger partial charge in [-0.15, -0.1) is 0 Å². The number of nitrogens with zero attached hydrogens (tertiary/aromatic N) is 2. The lowest BCUT2D eigenvalue weighted by molar-refractivity contribution is -0.118. The Bertz CT molecular complexity index is 597. The van der Waals surface area contributed by atoms with Crippen LogP contribution in [0, 0.1) is 5.82 Å². The lowest BCUT2D eigenvalue weighted by atomic mass is 10.1. The van der Waals surface area contributed by atoms with E-state index in [0.717, 1.165) is 0 Å². The van der Waals surface area contributed by atoms with Crippen molar-refractivity contribution in [2.75, 3.05) is 5.32 Å². The fraction of sp³-hybridized carbons (Fsp3) is 0.308. The number of nitrogens with one attached hydrogen (secondary N) is 1. The summed E-state index contributed by atoms with van der Waals surface area (Å²) in [5.41, 5.74) is 5.97. The zero-order valence-corrected chi connectivity index (χ0v) is 11.9. The maximum atomic E-state index is 12.9. The molecule has 0 aliphatic carbocycles. The van der Waals surface area contributed by atoms with Crippen LogP contribution in [0.5, 0.6) is 0 Å². The summed E-state index contributed by atoms with van der Waals surface area (Å²) in [6.45, 7) is 3.97. The highest BCUT2D eigenvalue weighted by atomic mass is 32.1. The molecule has 3 N–H and O–H groups in total. The van der Waals surface area contributed by atoms with Crippen molar-refractivity contribution >= 4 is 22.6 Å². The molecule has 7 heteroatoms. The van der Waals surface area contributed by atoms with Gasteiger partial charge in [0.05, 0.1) is 0 Å². The van der Waals surface area contributed by atoms with Gasteiger partial charge >= 0.3 is 0 Å². The summed E-state index contributed by atoms with van der Waals surface area (Å²) in [6, 6.07) is 4.84. The maximum Gasteiger partial charge on any atom is 0.244 e. The van der Waals surface area contributed by atoms with Gasteiger partial charge in [0.15, 0.2) is 0 Å². The molecule has 0 saturated carbocycles. The molecule has 5 nitrogen and oxygen atoms in total. The van der Waals surface area contributed by atoms with Gasteiger partial charge < -0.3 is 11.1 Å². The van der Waals surface area contributed by atoms with Gasteiger partial charge in [-0.3, -0.25) is 4.79 Å². The normalized spacial score (nSPS) is 12.4. The molecule has 1 atom stereocenters. The molecule has 0 fully saturated rings. The van der Waals surface area contributed by atoms with Gasteiger partial charge in [0.1, 0.15) is 17.7 Å². The second-order valence-electron chi connectivity index (χ2n) is 4.64. The van der Waals surface area contributed by atoms with Crippen LogP contribution in [0.2, 0.25) is 0 Å². The number of carbonyl (C=O) groups is 1. The summed E-state index contributed by atoms with van der Waals surface area (Å²) in [5, 5.41) is 3.45. The van der Waals surface area contributed by atoms with E-state index in [1.807, 2.05) is 13.8 Å². The van der Waals surface area contributed by atoms with E-state index >= 15 is 0 Å². The third-order valence-electron chi connectivity index (χ3n) is 2.71. The number of carbonyl (C=O) groups excluding carboxylic acids is 1. The van der Waals surface area contributed by atoms with E-state index in [4.69, 9.17) is 5.73 Å². The van der Waals surface area contributed by atoms with E-state index in [1.165, 1.54) is 35.8 Å². The number of primary amides is 1. The first-order valence-corrected chi connectivity index (χ1v) is 6.89. The number of benzene rings is 1. The summed E-state index contributed by atoms with van der Waals surface area (Å²) in [6.07, 6.45) is 0. The highest BCUT2D eigenvalue weighted by molar-refractivity contribution is 7.09. The van der Waals surface area contributed by atoms with Crippen LogP contribution in [-0.2, 0) is 4.79 Å². The van der Waals surface area contributed by atoms with Crippen LogP contribution in [-0.4, -0.2) is 15.3 Å². The molecule has 0 spiro atoms. The third kappa shape index (κ3) is 3.30. The van der Waals surface area contributed by atoms with Crippen molar-refractivity contribution in [1.82, 2.24) is 9.36 Å². The Labute approximate surface area is 120 Å². The average Bonchev–Trinajstić information content (AvgIpc) is 2.86. The molecule has 0 bridgehead atoms. The first-order valence-electron chi connectivity index (χ1n) is 6.12. The smallest absolute Gasteiger partial charge is 0.244 e. The quantitative estimate of drug-likeness (QED) is 0.887. The fourth-order valence-electron chi connectivity index (χ4n) is 1.63. The molecule has 0 aliphatic heterocycles. The Morgan fingerprint density at radius 1 is 1.35 bits per heavy atom. The highest BCUT2D eigenvalue weighted by Gasteiger charge is 2.20. The number of aromatic nitrogens is 2. The summed E-state index contributed by atoms with van der Waals surface area (Å²) in [5.74, 6) is -0.00707. The molecule has 0 saturated heterocycles. The number of nitrogens with two attached hydrogens (primary N) is 1. The molecule has 1 aromatic carbocycles. The lowest BCUT2D eigenvalue weighted by Crippen LogP contribution is -2.27. The zero-order valence-electron chi connectivity index (χ0n) is 11.1. The Hall–Kier alpha value is -2.02. The molecular weight excluding hydrogens is 279 g/mol. The second kappa shape index (κ2) is 5.96. The number of hydrogen-bond donors (Lipinski definition) is 2. The van der Waals surface area contributed by atoms with E-state index in [1.54, 1.807) is 0 Å². The minimum atomic E-state index is -0.761. The largest absolute Gasteiger partial charge is 0.368 e. The van der Waals surface area contributed by atoms with Crippen molar-refractivity contribution in [3.8, 4) is 0 Å². The molecule has 2 rings (SSSR count). The monoisotopic (exact) mass is 294 g/mol. The molecule has 1 heterocycles. The van der Waals surface area contributed by atoms with E-state index in [9.17, 15) is 9.18 Å². The van der Waals surface area contributed by atoms with E-state index < -0.39 is 11.9 Å².